The highest BCUT2D eigenvalue weighted by Gasteiger charge is 2.24. The molecule has 4 aromatic rings. The summed E-state index contributed by atoms with van der Waals surface area (Å²) in [6, 6.07) is 4.49. The van der Waals surface area contributed by atoms with Gasteiger partial charge < -0.3 is 10.2 Å². The minimum Gasteiger partial charge on any atom is -0.507 e. The van der Waals surface area contributed by atoms with Crippen molar-refractivity contribution in [3.8, 4) is 5.75 Å². The maximum absolute atomic E-state index is 13.8. The van der Waals surface area contributed by atoms with Crippen LogP contribution in [0.15, 0.2) is 40.2 Å². The number of nitrogens with zero attached hydrogens (tertiary/aromatic N) is 2. The number of aryl methyl sites for hydroxylation is 2. The molecule has 1 aromatic carbocycles. The van der Waals surface area contributed by atoms with E-state index in [0.29, 0.717) is 15.1 Å². The predicted molar refractivity (Wildman–Crippen MR) is 128 cm³/mol. The van der Waals surface area contributed by atoms with E-state index in [1.807, 2.05) is 0 Å². The molecule has 0 amide bonds. The van der Waals surface area contributed by atoms with Gasteiger partial charge in [-0.05, 0) is 62.4 Å². The number of benzene rings is 1. The van der Waals surface area contributed by atoms with Gasteiger partial charge in [0, 0.05) is 16.6 Å². The number of thioether (sulfide) groups is 1. The largest absolute Gasteiger partial charge is 0.507 e. The van der Waals surface area contributed by atoms with Crippen molar-refractivity contribution in [2.24, 2.45) is 0 Å². The fraction of sp³-hybridized carbons (Fsp3) is 0.250. The van der Waals surface area contributed by atoms with E-state index < -0.39 is 28.6 Å². The second kappa shape index (κ2) is 8.52. The van der Waals surface area contributed by atoms with Crippen LogP contribution in [-0.2, 0) is 17.6 Å². The van der Waals surface area contributed by atoms with Gasteiger partial charge in [0.05, 0.1) is 15.8 Å². The first-order valence-electron chi connectivity index (χ1n) is 10.7. The fourth-order valence-electron chi connectivity index (χ4n) is 4.19. The minimum atomic E-state index is -1.06. The van der Waals surface area contributed by atoms with Crippen LogP contribution in [-0.4, -0.2) is 36.6 Å². The summed E-state index contributed by atoms with van der Waals surface area (Å²) in [6.07, 6.45) is 5.03. The number of aromatic nitrogens is 2. The molecule has 3 heterocycles. The first-order chi connectivity index (χ1) is 16.2. The number of halogens is 1. The summed E-state index contributed by atoms with van der Waals surface area (Å²) < 4.78 is 15.1. The zero-order valence-corrected chi connectivity index (χ0v) is 19.6. The Labute approximate surface area is 200 Å². The molecule has 0 radical (unpaired) electrons. The van der Waals surface area contributed by atoms with Crippen LogP contribution in [0.4, 0.5) is 4.39 Å². The molecule has 10 heteroatoms. The van der Waals surface area contributed by atoms with Crippen LogP contribution in [0.3, 0.4) is 0 Å². The van der Waals surface area contributed by atoms with E-state index in [2.05, 4.69) is 0 Å². The van der Waals surface area contributed by atoms with Gasteiger partial charge in [-0.25, -0.2) is 9.37 Å². The van der Waals surface area contributed by atoms with Gasteiger partial charge in [-0.1, -0.05) is 0 Å². The third-order valence-corrected chi connectivity index (χ3v) is 8.21. The number of thiophene rings is 1. The maximum atomic E-state index is 13.8. The molecule has 174 valence electrons. The van der Waals surface area contributed by atoms with Crippen molar-refractivity contribution < 1.29 is 24.2 Å². The van der Waals surface area contributed by atoms with E-state index in [1.54, 1.807) is 0 Å². The van der Waals surface area contributed by atoms with Crippen LogP contribution in [0.2, 0.25) is 0 Å². The number of fused-ring (bicyclic) bond motifs is 4. The predicted octanol–water partition coefficient (Wildman–Crippen LogP) is 4.43. The number of phenols is 1. The zero-order chi connectivity index (χ0) is 24.1. The number of hydrogen-bond donors (Lipinski definition) is 2. The molecule has 5 rings (SSSR count). The van der Waals surface area contributed by atoms with Gasteiger partial charge in [0.15, 0.2) is 11.4 Å². The Hall–Kier alpha value is -3.24. The fourth-order valence-corrected chi connectivity index (χ4v) is 6.37. The number of carboxylic acid groups (broad SMARTS) is 1. The summed E-state index contributed by atoms with van der Waals surface area (Å²) in [7, 11) is 0. The summed E-state index contributed by atoms with van der Waals surface area (Å²) in [5.41, 5.74) is 0.680. The number of aromatic hydroxyl groups is 1. The molecule has 1 aliphatic rings. The number of rotatable bonds is 5. The highest BCUT2D eigenvalue weighted by molar-refractivity contribution is 8.00. The molecule has 34 heavy (non-hydrogen) atoms. The lowest BCUT2D eigenvalue weighted by molar-refractivity contribution is -0.136. The monoisotopic (exact) mass is 498 g/mol. The van der Waals surface area contributed by atoms with E-state index >= 15 is 0 Å². The quantitative estimate of drug-likeness (QED) is 0.310. The van der Waals surface area contributed by atoms with E-state index in [-0.39, 0.29) is 22.3 Å². The molecule has 0 fully saturated rings. The number of aliphatic carboxylic acids is 1. The lowest BCUT2D eigenvalue weighted by Crippen LogP contribution is -2.19. The first kappa shape index (κ1) is 22.5. The Morgan fingerprint density at radius 3 is 2.76 bits per heavy atom. The smallest absolute Gasteiger partial charge is 0.316 e. The Kier molecular flexibility index (Phi) is 5.65. The zero-order valence-electron chi connectivity index (χ0n) is 18.0. The van der Waals surface area contributed by atoms with Crippen molar-refractivity contribution in [3.05, 3.63) is 68.2 Å². The molecule has 0 saturated carbocycles. The summed E-state index contributed by atoms with van der Waals surface area (Å²) in [5, 5.41) is 19.2. The summed E-state index contributed by atoms with van der Waals surface area (Å²) in [5.74, 6) is -2.84. The molecule has 0 saturated heterocycles. The van der Waals surface area contributed by atoms with Crippen molar-refractivity contribution >= 4 is 50.7 Å². The number of ketones is 1. The highest BCUT2D eigenvalue weighted by atomic mass is 32.2. The van der Waals surface area contributed by atoms with Gasteiger partial charge in [0.1, 0.15) is 21.6 Å². The SMILES string of the molecule is C[C@H](Sc1cc(C(=O)c2cc(F)ccc2O)cn2c(=O)c3c4c(sc3nc12)CCCC4)C(=O)O. The van der Waals surface area contributed by atoms with Crippen LogP contribution < -0.4 is 5.56 Å². The Morgan fingerprint density at radius 1 is 1.24 bits per heavy atom. The minimum absolute atomic E-state index is 0.0147. The molecule has 3 aromatic heterocycles. The van der Waals surface area contributed by atoms with Gasteiger partial charge in [-0.3, -0.25) is 18.8 Å². The average molecular weight is 499 g/mol. The first-order valence-corrected chi connectivity index (χ1v) is 12.4. The summed E-state index contributed by atoms with van der Waals surface area (Å²) in [6.45, 7) is 1.50. The number of pyridine rings is 1. The summed E-state index contributed by atoms with van der Waals surface area (Å²) in [4.78, 5) is 45.1. The second-order valence-corrected chi connectivity index (χ2v) is 10.6. The molecule has 0 spiro atoms. The molecule has 1 atom stereocenters. The maximum Gasteiger partial charge on any atom is 0.316 e. The van der Waals surface area contributed by atoms with E-state index in [9.17, 15) is 29.0 Å². The van der Waals surface area contributed by atoms with E-state index in [1.165, 1.54) is 34.9 Å². The molecule has 0 bridgehead atoms. The topological polar surface area (TPSA) is 109 Å². The Bertz CT molecular complexity index is 1560. The molecule has 0 aliphatic heterocycles. The molecule has 1 aliphatic carbocycles. The van der Waals surface area contributed by atoms with Gasteiger partial charge in [-0.2, -0.15) is 0 Å². The number of hydrogen-bond acceptors (Lipinski definition) is 7. The lowest BCUT2D eigenvalue weighted by atomic mass is 9.97. The van der Waals surface area contributed by atoms with Gasteiger partial charge >= 0.3 is 5.97 Å². The molecular weight excluding hydrogens is 479 g/mol. The number of carbonyl (C=O) groups excluding carboxylic acids is 1. The number of phenolic OH excluding ortho intramolecular Hbond substituents is 1. The van der Waals surface area contributed by atoms with Crippen LogP contribution >= 0.6 is 23.1 Å². The van der Waals surface area contributed by atoms with Crippen molar-refractivity contribution in [3.63, 3.8) is 0 Å². The number of carbonyl (C=O) groups is 2. The molecular formula is C24H19FN2O5S2. The molecule has 2 N–H and O–H groups in total. The Morgan fingerprint density at radius 2 is 2.00 bits per heavy atom. The van der Waals surface area contributed by atoms with Gasteiger partial charge in [-0.15, -0.1) is 23.1 Å². The van der Waals surface area contributed by atoms with Gasteiger partial charge in [0.2, 0.25) is 0 Å². The lowest BCUT2D eigenvalue weighted by Gasteiger charge is -2.13. The Balaban J connectivity index is 1.78. The van der Waals surface area contributed by atoms with Crippen molar-refractivity contribution in [2.75, 3.05) is 0 Å². The standard InChI is InChI=1S/C24H19FN2O5S2/c1-11(24(31)32)33-18-8-12(20(29)15-9-13(25)6-7-16(15)28)10-27-21(18)26-22-19(23(27)30)14-4-2-3-5-17(14)34-22/h6-11,28H,2-5H2,1H3,(H,31,32)/t11-/m0/s1. The van der Waals surface area contributed by atoms with Crippen molar-refractivity contribution in [1.82, 2.24) is 9.38 Å². The molecule has 7 nitrogen and oxygen atoms in total. The third kappa shape index (κ3) is 3.76. The van der Waals surface area contributed by atoms with Crippen LogP contribution in [0.5, 0.6) is 5.75 Å². The second-order valence-electron chi connectivity index (χ2n) is 8.18. The summed E-state index contributed by atoms with van der Waals surface area (Å²) >= 11 is 2.44. The average Bonchev–Trinajstić information content (AvgIpc) is 3.19. The van der Waals surface area contributed by atoms with Crippen LogP contribution in [0.1, 0.15) is 46.1 Å². The normalized spacial score (nSPS) is 14.3. The van der Waals surface area contributed by atoms with Crippen LogP contribution in [0, 0.1) is 5.82 Å². The highest BCUT2D eigenvalue weighted by Crippen LogP contribution is 2.36. The van der Waals surface area contributed by atoms with E-state index in [4.69, 9.17) is 4.98 Å². The van der Waals surface area contributed by atoms with E-state index in [0.717, 1.165) is 66.1 Å². The van der Waals surface area contributed by atoms with Gasteiger partial charge in [0.25, 0.3) is 5.56 Å². The molecule has 0 unspecified atom stereocenters. The van der Waals surface area contributed by atoms with Crippen molar-refractivity contribution in [1.29, 1.82) is 0 Å². The third-order valence-electron chi connectivity index (χ3n) is 5.91. The van der Waals surface area contributed by atoms with Crippen LogP contribution in [0.25, 0.3) is 15.9 Å². The van der Waals surface area contributed by atoms with Crippen molar-refractivity contribution in [2.45, 2.75) is 42.8 Å². The number of carboxylic acids is 1.